The van der Waals surface area contributed by atoms with E-state index in [4.69, 9.17) is 11.6 Å². The maximum Gasteiger partial charge on any atom is 0.416 e. The lowest BCUT2D eigenvalue weighted by Crippen LogP contribution is -2.31. The van der Waals surface area contributed by atoms with E-state index in [0.29, 0.717) is 13.1 Å². The quantitative estimate of drug-likeness (QED) is 0.796. The minimum absolute atomic E-state index is 0.0407. The molecule has 0 spiro atoms. The van der Waals surface area contributed by atoms with Gasteiger partial charge in [0, 0.05) is 13.1 Å². The van der Waals surface area contributed by atoms with Crippen molar-refractivity contribution in [2.75, 3.05) is 32.5 Å². The van der Waals surface area contributed by atoms with Crippen LogP contribution >= 0.6 is 11.6 Å². The Labute approximate surface area is 153 Å². The summed E-state index contributed by atoms with van der Waals surface area (Å²) in [5, 5.41) is 5.45. The lowest BCUT2D eigenvalue weighted by atomic mass is 10.2. The second kappa shape index (κ2) is 8.33. The van der Waals surface area contributed by atoms with E-state index in [9.17, 15) is 18.0 Å². The predicted octanol–water partition coefficient (Wildman–Crippen LogP) is 3.18. The van der Waals surface area contributed by atoms with E-state index in [1.807, 2.05) is 19.0 Å². The van der Waals surface area contributed by atoms with Crippen molar-refractivity contribution in [1.82, 2.24) is 20.2 Å². The van der Waals surface area contributed by atoms with E-state index in [1.165, 1.54) is 12.4 Å². The molecule has 0 aliphatic rings. The molecule has 2 rings (SSSR count). The van der Waals surface area contributed by atoms with Crippen molar-refractivity contribution in [2.24, 2.45) is 0 Å². The Hall–Kier alpha value is -2.39. The molecule has 0 saturated carbocycles. The highest BCUT2D eigenvalue weighted by atomic mass is 35.5. The molecule has 0 radical (unpaired) electrons. The normalized spacial score (nSPS) is 11.5. The zero-order valence-corrected chi connectivity index (χ0v) is 14.8. The number of anilines is 2. The third-order valence-electron chi connectivity index (χ3n) is 3.29. The van der Waals surface area contributed by atoms with Crippen LogP contribution in [0.2, 0.25) is 5.02 Å². The summed E-state index contributed by atoms with van der Waals surface area (Å²) in [5.41, 5.74) is -0.697. The standard InChI is InChI=1S/C16H17ClF3N5O/c1-25(2)6-5-21-15(26)13-8-23-14(9-22-13)24-12-7-10(16(18,19)20)3-4-11(12)17/h3-4,7-9H,5-6H2,1-2H3,(H,21,26)(H,23,24). The SMILES string of the molecule is CN(C)CCNC(=O)c1cnc(Nc2cc(C(F)(F)F)ccc2Cl)cn1. The molecule has 0 atom stereocenters. The molecular weight excluding hydrogens is 371 g/mol. The molecular formula is C16H17ClF3N5O. The molecule has 26 heavy (non-hydrogen) atoms. The number of nitrogens with zero attached hydrogens (tertiary/aromatic N) is 3. The van der Waals surface area contributed by atoms with Crippen LogP contribution in [0.3, 0.4) is 0 Å². The molecule has 140 valence electrons. The fourth-order valence-corrected chi connectivity index (χ4v) is 2.09. The zero-order valence-electron chi connectivity index (χ0n) is 14.1. The van der Waals surface area contributed by atoms with E-state index < -0.39 is 11.7 Å². The number of nitrogens with one attached hydrogen (secondary N) is 2. The Bertz CT molecular complexity index is 765. The fourth-order valence-electron chi connectivity index (χ4n) is 1.93. The van der Waals surface area contributed by atoms with Gasteiger partial charge < -0.3 is 15.5 Å². The maximum absolute atomic E-state index is 12.8. The van der Waals surface area contributed by atoms with Crippen molar-refractivity contribution >= 4 is 29.0 Å². The Morgan fingerprint density at radius 2 is 1.96 bits per heavy atom. The minimum Gasteiger partial charge on any atom is -0.349 e. The summed E-state index contributed by atoms with van der Waals surface area (Å²) >= 11 is 5.91. The van der Waals surface area contributed by atoms with Gasteiger partial charge in [-0.15, -0.1) is 0 Å². The number of rotatable bonds is 6. The summed E-state index contributed by atoms with van der Waals surface area (Å²) < 4.78 is 38.4. The topological polar surface area (TPSA) is 70.2 Å². The van der Waals surface area contributed by atoms with Crippen LogP contribution in [0.1, 0.15) is 16.1 Å². The van der Waals surface area contributed by atoms with Crippen molar-refractivity contribution in [3.63, 3.8) is 0 Å². The number of hydrogen-bond donors (Lipinski definition) is 2. The molecule has 1 aromatic heterocycles. The van der Waals surface area contributed by atoms with Gasteiger partial charge in [-0.25, -0.2) is 9.97 Å². The number of aromatic nitrogens is 2. The van der Waals surface area contributed by atoms with E-state index >= 15 is 0 Å². The van der Waals surface area contributed by atoms with E-state index in [-0.39, 0.29) is 28.1 Å². The highest BCUT2D eigenvalue weighted by Gasteiger charge is 2.31. The highest BCUT2D eigenvalue weighted by Crippen LogP contribution is 2.34. The summed E-state index contributed by atoms with van der Waals surface area (Å²) in [4.78, 5) is 21.8. The number of halogens is 4. The van der Waals surface area contributed by atoms with Gasteiger partial charge in [-0.1, -0.05) is 11.6 Å². The number of likely N-dealkylation sites (N-methyl/N-ethyl adjacent to an activating group) is 1. The van der Waals surface area contributed by atoms with Crippen molar-refractivity contribution in [3.05, 3.63) is 46.9 Å². The number of amides is 1. The molecule has 2 aromatic rings. The van der Waals surface area contributed by atoms with Gasteiger partial charge in [-0.05, 0) is 32.3 Å². The van der Waals surface area contributed by atoms with E-state index in [1.54, 1.807) is 0 Å². The van der Waals surface area contributed by atoms with Gasteiger partial charge in [0.2, 0.25) is 0 Å². The van der Waals surface area contributed by atoms with Gasteiger partial charge in [0.05, 0.1) is 28.7 Å². The van der Waals surface area contributed by atoms with Crippen LogP contribution < -0.4 is 10.6 Å². The molecule has 0 unspecified atom stereocenters. The molecule has 1 heterocycles. The van der Waals surface area contributed by atoms with Crippen molar-refractivity contribution < 1.29 is 18.0 Å². The number of alkyl halides is 3. The molecule has 1 amide bonds. The van der Waals surface area contributed by atoms with Crippen molar-refractivity contribution in [1.29, 1.82) is 0 Å². The molecule has 0 aliphatic carbocycles. The molecule has 2 N–H and O–H groups in total. The average molecular weight is 388 g/mol. The summed E-state index contributed by atoms with van der Waals surface area (Å²) in [6.07, 6.45) is -2.01. The molecule has 10 heteroatoms. The fraction of sp³-hybridized carbons (Fsp3) is 0.312. The lowest BCUT2D eigenvalue weighted by Gasteiger charge is -2.12. The first-order valence-corrected chi connectivity index (χ1v) is 7.93. The highest BCUT2D eigenvalue weighted by molar-refractivity contribution is 6.33. The third kappa shape index (κ3) is 5.57. The smallest absolute Gasteiger partial charge is 0.349 e. The Balaban J connectivity index is 2.06. The maximum atomic E-state index is 12.8. The predicted molar refractivity (Wildman–Crippen MR) is 92.7 cm³/mol. The van der Waals surface area contributed by atoms with Gasteiger partial charge in [0.15, 0.2) is 0 Å². The average Bonchev–Trinajstić information content (AvgIpc) is 2.56. The van der Waals surface area contributed by atoms with Crippen molar-refractivity contribution in [2.45, 2.75) is 6.18 Å². The molecule has 0 aliphatic heterocycles. The third-order valence-corrected chi connectivity index (χ3v) is 3.62. The summed E-state index contributed by atoms with van der Waals surface area (Å²) in [6.45, 7) is 1.13. The summed E-state index contributed by atoms with van der Waals surface area (Å²) in [7, 11) is 3.76. The van der Waals surface area contributed by atoms with E-state index in [0.717, 1.165) is 18.2 Å². The van der Waals surface area contributed by atoms with Gasteiger partial charge in [0.25, 0.3) is 5.91 Å². The Kier molecular flexibility index (Phi) is 6.38. The van der Waals surface area contributed by atoms with Crippen LogP contribution in [-0.4, -0.2) is 48.0 Å². The molecule has 1 aromatic carbocycles. The van der Waals surface area contributed by atoms with E-state index in [2.05, 4.69) is 20.6 Å². The largest absolute Gasteiger partial charge is 0.416 e. The Morgan fingerprint density at radius 3 is 2.54 bits per heavy atom. The number of carbonyl (C=O) groups excluding carboxylic acids is 1. The zero-order chi connectivity index (χ0) is 19.3. The number of benzene rings is 1. The summed E-state index contributed by atoms with van der Waals surface area (Å²) in [6, 6.07) is 2.92. The van der Waals surface area contributed by atoms with Crippen LogP contribution in [0.15, 0.2) is 30.6 Å². The van der Waals surface area contributed by atoms with Crippen LogP contribution in [0.4, 0.5) is 24.7 Å². The van der Waals surface area contributed by atoms with Crippen LogP contribution in [0, 0.1) is 0 Å². The number of hydrogen-bond acceptors (Lipinski definition) is 5. The first kappa shape index (κ1) is 19.9. The van der Waals surface area contributed by atoms with Gasteiger partial charge in [-0.3, -0.25) is 4.79 Å². The molecule has 0 fully saturated rings. The van der Waals surface area contributed by atoms with Crippen molar-refractivity contribution in [3.8, 4) is 0 Å². The van der Waals surface area contributed by atoms with Gasteiger partial charge in [0.1, 0.15) is 11.5 Å². The second-order valence-electron chi connectivity index (χ2n) is 5.66. The first-order valence-electron chi connectivity index (χ1n) is 7.55. The minimum atomic E-state index is -4.48. The number of carbonyl (C=O) groups is 1. The van der Waals surface area contributed by atoms with Crippen LogP contribution in [0.5, 0.6) is 0 Å². The molecule has 6 nitrogen and oxygen atoms in total. The van der Waals surface area contributed by atoms with Crippen LogP contribution in [-0.2, 0) is 6.18 Å². The summed E-state index contributed by atoms with van der Waals surface area (Å²) in [5.74, 6) is -0.223. The lowest BCUT2D eigenvalue weighted by molar-refractivity contribution is -0.137. The first-order chi connectivity index (χ1) is 12.2. The molecule has 0 saturated heterocycles. The molecule has 0 bridgehead atoms. The van der Waals surface area contributed by atoms with Crippen LogP contribution in [0.25, 0.3) is 0 Å². The monoisotopic (exact) mass is 387 g/mol. The van der Waals surface area contributed by atoms with Gasteiger partial charge >= 0.3 is 6.18 Å². The van der Waals surface area contributed by atoms with Gasteiger partial charge in [-0.2, -0.15) is 13.2 Å². The second-order valence-corrected chi connectivity index (χ2v) is 6.07. The Morgan fingerprint density at radius 1 is 1.23 bits per heavy atom.